The van der Waals surface area contributed by atoms with Crippen LogP contribution in [0, 0.1) is 11.8 Å². The van der Waals surface area contributed by atoms with Gasteiger partial charge in [-0.3, -0.25) is 0 Å². The van der Waals surface area contributed by atoms with Gasteiger partial charge in [0.15, 0.2) is 0 Å². The van der Waals surface area contributed by atoms with Crippen LogP contribution in [0.5, 0.6) is 0 Å². The van der Waals surface area contributed by atoms with Crippen molar-refractivity contribution >= 4 is 0 Å². The first-order valence-electron chi connectivity index (χ1n) is 5.51. The summed E-state index contributed by atoms with van der Waals surface area (Å²) in [4.78, 5) is 0. The van der Waals surface area contributed by atoms with Gasteiger partial charge in [-0.1, -0.05) is 26.2 Å². The average Bonchev–Trinajstić information content (AvgIpc) is 2.93. The molecule has 0 spiro atoms. The molecule has 0 aromatic heterocycles. The second-order valence-corrected chi connectivity index (χ2v) is 3.62. The first kappa shape index (κ1) is 10.6. The monoisotopic (exact) mass is 180 g/mol. The highest BCUT2D eigenvalue weighted by molar-refractivity contribution is 4.97. The van der Waals surface area contributed by atoms with Gasteiger partial charge in [0, 0.05) is 12.8 Å². The van der Waals surface area contributed by atoms with E-state index in [4.69, 9.17) is 4.74 Å². The van der Waals surface area contributed by atoms with E-state index in [9.17, 15) is 0 Å². The molecule has 1 atom stereocenters. The molecule has 1 aliphatic rings. The molecule has 1 heteroatoms. The molecule has 0 saturated carbocycles. The molecule has 0 amide bonds. The van der Waals surface area contributed by atoms with Crippen LogP contribution in [0.4, 0.5) is 0 Å². The van der Waals surface area contributed by atoms with E-state index in [1.165, 1.54) is 32.1 Å². The summed E-state index contributed by atoms with van der Waals surface area (Å²) >= 11 is 0. The second kappa shape index (κ2) is 6.97. The third-order valence-corrected chi connectivity index (χ3v) is 2.28. The summed E-state index contributed by atoms with van der Waals surface area (Å²) in [6, 6.07) is 0. The van der Waals surface area contributed by atoms with Crippen molar-refractivity contribution in [2.24, 2.45) is 0 Å². The van der Waals surface area contributed by atoms with Crippen molar-refractivity contribution < 1.29 is 4.74 Å². The third kappa shape index (κ3) is 6.66. The zero-order valence-corrected chi connectivity index (χ0v) is 8.64. The lowest BCUT2D eigenvalue weighted by atomic mass is 10.1. The minimum atomic E-state index is 0.625. The normalized spacial score (nSPS) is 19.3. The quantitative estimate of drug-likeness (QED) is 0.347. The van der Waals surface area contributed by atoms with Crippen molar-refractivity contribution in [3.8, 4) is 11.8 Å². The van der Waals surface area contributed by atoms with Gasteiger partial charge in [-0.15, -0.1) is 11.8 Å². The van der Waals surface area contributed by atoms with Gasteiger partial charge in [-0.25, -0.2) is 0 Å². The first-order valence-corrected chi connectivity index (χ1v) is 5.51. The van der Waals surface area contributed by atoms with Gasteiger partial charge >= 0.3 is 0 Å². The summed E-state index contributed by atoms with van der Waals surface area (Å²) in [5.41, 5.74) is 0. The van der Waals surface area contributed by atoms with Gasteiger partial charge in [0.25, 0.3) is 0 Å². The maximum Gasteiger partial charge on any atom is 0.0810 e. The van der Waals surface area contributed by atoms with Crippen molar-refractivity contribution in [2.45, 2.75) is 58.0 Å². The van der Waals surface area contributed by atoms with E-state index in [1.807, 2.05) is 0 Å². The Bertz CT molecular complexity index is 171. The van der Waals surface area contributed by atoms with Crippen LogP contribution in [0.3, 0.4) is 0 Å². The Hall–Kier alpha value is -0.480. The zero-order valence-electron chi connectivity index (χ0n) is 8.64. The van der Waals surface area contributed by atoms with Crippen LogP contribution in [-0.2, 0) is 4.74 Å². The van der Waals surface area contributed by atoms with Gasteiger partial charge in [0.1, 0.15) is 0 Å². The van der Waals surface area contributed by atoms with Crippen molar-refractivity contribution in [2.75, 3.05) is 6.61 Å². The van der Waals surface area contributed by atoms with Crippen molar-refractivity contribution in [1.29, 1.82) is 0 Å². The summed E-state index contributed by atoms with van der Waals surface area (Å²) in [5, 5.41) is 0. The van der Waals surface area contributed by atoms with E-state index < -0.39 is 0 Å². The molecule has 1 fully saturated rings. The molecule has 1 saturated heterocycles. The minimum absolute atomic E-state index is 0.625. The number of unbranched alkanes of at least 4 members (excludes halogenated alkanes) is 4. The van der Waals surface area contributed by atoms with Gasteiger partial charge < -0.3 is 4.74 Å². The van der Waals surface area contributed by atoms with Crippen molar-refractivity contribution in [3.05, 3.63) is 0 Å². The fourth-order valence-electron chi connectivity index (χ4n) is 1.39. The number of hydrogen-bond donors (Lipinski definition) is 0. The van der Waals surface area contributed by atoms with Gasteiger partial charge in [0.2, 0.25) is 0 Å². The van der Waals surface area contributed by atoms with Crippen LogP contribution in [0.25, 0.3) is 0 Å². The van der Waals surface area contributed by atoms with Crippen LogP contribution >= 0.6 is 0 Å². The molecule has 0 N–H and O–H groups in total. The van der Waals surface area contributed by atoms with E-state index >= 15 is 0 Å². The third-order valence-electron chi connectivity index (χ3n) is 2.28. The Morgan fingerprint density at radius 1 is 1.15 bits per heavy atom. The Labute approximate surface area is 81.9 Å². The molecule has 1 aliphatic heterocycles. The van der Waals surface area contributed by atoms with E-state index in [1.54, 1.807) is 0 Å². The molecular weight excluding hydrogens is 160 g/mol. The highest BCUT2D eigenvalue weighted by Gasteiger charge is 2.20. The van der Waals surface area contributed by atoms with Crippen LogP contribution < -0.4 is 0 Å². The summed E-state index contributed by atoms with van der Waals surface area (Å²) < 4.78 is 5.15. The molecule has 0 aromatic rings. The molecule has 0 aliphatic carbocycles. The Morgan fingerprint density at radius 3 is 2.62 bits per heavy atom. The summed E-state index contributed by atoms with van der Waals surface area (Å²) in [6.45, 7) is 3.12. The molecular formula is C12H20O. The fourth-order valence-corrected chi connectivity index (χ4v) is 1.39. The zero-order chi connectivity index (χ0) is 9.36. The molecule has 1 heterocycles. The molecule has 0 bridgehead atoms. The summed E-state index contributed by atoms with van der Waals surface area (Å²) in [6.07, 6.45) is 9.30. The minimum Gasteiger partial charge on any atom is -0.373 e. The van der Waals surface area contributed by atoms with Crippen molar-refractivity contribution in [3.63, 3.8) is 0 Å². The lowest BCUT2D eigenvalue weighted by molar-refractivity contribution is 0.388. The highest BCUT2D eigenvalue weighted by Crippen LogP contribution is 2.17. The van der Waals surface area contributed by atoms with Crippen LogP contribution in [0.15, 0.2) is 0 Å². The van der Waals surface area contributed by atoms with Gasteiger partial charge in [-0.2, -0.15) is 0 Å². The Balaban J connectivity index is 1.72. The second-order valence-electron chi connectivity index (χ2n) is 3.62. The molecule has 74 valence electrons. The first-order chi connectivity index (χ1) is 6.43. The lowest BCUT2D eigenvalue weighted by Crippen LogP contribution is -1.85. The lowest BCUT2D eigenvalue weighted by Gasteiger charge is -1.96. The molecule has 0 unspecified atom stereocenters. The SMILES string of the molecule is CCC#CCCCCCC[C@@H]1CO1. The number of ether oxygens (including phenoxy) is 1. The van der Waals surface area contributed by atoms with E-state index in [-0.39, 0.29) is 0 Å². The Morgan fingerprint density at radius 2 is 1.92 bits per heavy atom. The predicted molar refractivity (Wildman–Crippen MR) is 55.5 cm³/mol. The molecule has 1 rings (SSSR count). The van der Waals surface area contributed by atoms with Crippen LogP contribution in [-0.4, -0.2) is 12.7 Å². The van der Waals surface area contributed by atoms with E-state index in [0.717, 1.165) is 19.4 Å². The van der Waals surface area contributed by atoms with E-state index in [0.29, 0.717) is 6.10 Å². The molecule has 0 radical (unpaired) electrons. The standard InChI is InChI=1S/C12H20O/c1-2-3-4-5-6-7-8-9-10-12-11-13-12/h12H,2,5-11H2,1H3/t12-/m1/s1. The van der Waals surface area contributed by atoms with Gasteiger partial charge in [-0.05, 0) is 12.8 Å². The molecule has 0 aromatic carbocycles. The summed E-state index contributed by atoms with van der Waals surface area (Å²) in [5.74, 6) is 6.27. The number of epoxide rings is 1. The smallest absolute Gasteiger partial charge is 0.0810 e. The van der Waals surface area contributed by atoms with Crippen LogP contribution in [0.2, 0.25) is 0 Å². The number of hydrogen-bond acceptors (Lipinski definition) is 1. The molecule has 13 heavy (non-hydrogen) atoms. The Kier molecular flexibility index (Phi) is 5.69. The molecule has 1 nitrogen and oxygen atoms in total. The maximum atomic E-state index is 5.15. The fraction of sp³-hybridized carbons (Fsp3) is 0.833. The predicted octanol–water partition coefficient (Wildman–Crippen LogP) is 3.14. The largest absolute Gasteiger partial charge is 0.373 e. The topological polar surface area (TPSA) is 12.5 Å². The number of rotatable bonds is 6. The van der Waals surface area contributed by atoms with Crippen molar-refractivity contribution in [1.82, 2.24) is 0 Å². The summed E-state index contributed by atoms with van der Waals surface area (Å²) in [7, 11) is 0. The van der Waals surface area contributed by atoms with Crippen LogP contribution in [0.1, 0.15) is 51.9 Å². The maximum absolute atomic E-state index is 5.15. The average molecular weight is 180 g/mol. The van der Waals surface area contributed by atoms with E-state index in [2.05, 4.69) is 18.8 Å². The van der Waals surface area contributed by atoms with Gasteiger partial charge in [0.05, 0.1) is 12.7 Å². The highest BCUT2D eigenvalue weighted by atomic mass is 16.6.